The number of carbonyl (C=O) groups excluding carboxylic acids is 1. The Morgan fingerprint density at radius 3 is 2.35 bits per heavy atom. The van der Waals surface area contributed by atoms with E-state index in [1.54, 1.807) is 0 Å². The van der Waals surface area contributed by atoms with Crippen LogP contribution in [0.4, 0.5) is 5.82 Å². The molecular formula is C22H28N6O5S. The molecule has 5 rings (SSSR count). The summed E-state index contributed by atoms with van der Waals surface area (Å²) >= 11 is 1.54. The van der Waals surface area contributed by atoms with Crippen molar-refractivity contribution in [1.29, 1.82) is 0 Å². The molecule has 2 aliphatic heterocycles. The van der Waals surface area contributed by atoms with Crippen LogP contribution in [0.1, 0.15) is 35.6 Å². The quantitative estimate of drug-likeness (QED) is 0.423. The number of anilines is 1. The zero-order chi connectivity index (χ0) is 24.7. The van der Waals surface area contributed by atoms with Gasteiger partial charge in [-0.25, -0.2) is 0 Å². The van der Waals surface area contributed by atoms with Crippen molar-refractivity contribution in [3.05, 3.63) is 41.2 Å². The number of carboxylic acid groups (broad SMARTS) is 2. The summed E-state index contributed by atoms with van der Waals surface area (Å²) in [4.78, 5) is 35.1. The number of hydrogen-bond donors (Lipinski definition) is 4. The number of piperazine rings is 1. The maximum absolute atomic E-state index is 12.9. The van der Waals surface area contributed by atoms with Crippen LogP contribution >= 0.6 is 11.5 Å². The highest BCUT2D eigenvalue weighted by atomic mass is 32.1. The lowest BCUT2D eigenvalue weighted by Gasteiger charge is -2.35. The molecular weight excluding hydrogens is 460 g/mol. The number of carboxylic acids is 2. The smallest absolute Gasteiger partial charge is 0.300 e. The van der Waals surface area contributed by atoms with E-state index in [0.717, 1.165) is 63.5 Å². The number of hydrogen-bond acceptors (Lipinski definition) is 8. The first-order valence-corrected chi connectivity index (χ1v) is 11.6. The van der Waals surface area contributed by atoms with Crippen molar-refractivity contribution in [2.45, 2.75) is 26.8 Å². The SMILES string of the molecule is CC(=O)O.CC(=O)O.O=C(c1n[nH]c2c1CCNC2)N1CCN(c2nsc3ccccc23)CC1. The number of benzene rings is 1. The number of aromatic nitrogens is 3. The summed E-state index contributed by atoms with van der Waals surface area (Å²) in [5, 5.41) is 26.7. The third-order valence-electron chi connectivity index (χ3n) is 5.23. The third-order valence-corrected chi connectivity index (χ3v) is 6.05. The van der Waals surface area contributed by atoms with Gasteiger partial charge in [0.05, 0.1) is 10.4 Å². The molecule has 4 N–H and O–H groups in total. The van der Waals surface area contributed by atoms with E-state index in [0.29, 0.717) is 18.8 Å². The van der Waals surface area contributed by atoms with E-state index >= 15 is 0 Å². The average Bonchev–Trinajstić information content (AvgIpc) is 3.43. The molecule has 1 amide bonds. The first-order valence-electron chi connectivity index (χ1n) is 10.8. The Hall–Kier alpha value is -3.51. The second-order valence-corrected chi connectivity index (χ2v) is 8.58. The fraction of sp³-hybridized carbons (Fsp3) is 0.409. The van der Waals surface area contributed by atoms with Gasteiger partial charge in [-0.2, -0.15) is 9.47 Å². The molecule has 0 atom stereocenters. The highest BCUT2D eigenvalue weighted by Gasteiger charge is 2.29. The molecule has 1 fully saturated rings. The molecule has 2 aliphatic rings. The van der Waals surface area contributed by atoms with Crippen LogP contribution in [0.15, 0.2) is 24.3 Å². The normalized spacial score (nSPS) is 14.9. The van der Waals surface area contributed by atoms with Gasteiger partial charge in [0.1, 0.15) is 5.82 Å². The van der Waals surface area contributed by atoms with Crippen LogP contribution in [0.2, 0.25) is 0 Å². The highest BCUT2D eigenvalue weighted by Crippen LogP contribution is 2.30. The van der Waals surface area contributed by atoms with Gasteiger partial charge < -0.3 is 25.3 Å². The zero-order valence-electron chi connectivity index (χ0n) is 19.1. The third kappa shape index (κ3) is 6.29. The molecule has 0 saturated carbocycles. The maximum Gasteiger partial charge on any atom is 0.300 e. The zero-order valence-corrected chi connectivity index (χ0v) is 19.9. The summed E-state index contributed by atoms with van der Waals surface area (Å²) in [6, 6.07) is 8.32. The summed E-state index contributed by atoms with van der Waals surface area (Å²) in [5.74, 6) is -0.576. The molecule has 0 radical (unpaired) electrons. The predicted molar refractivity (Wildman–Crippen MR) is 128 cm³/mol. The number of nitrogens with zero attached hydrogens (tertiary/aromatic N) is 4. The van der Waals surface area contributed by atoms with Crippen molar-refractivity contribution in [3.8, 4) is 0 Å². The van der Waals surface area contributed by atoms with Crippen molar-refractivity contribution < 1.29 is 24.6 Å². The van der Waals surface area contributed by atoms with Crippen LogP contribution in [0, 0.1) is 0 Å². The molecule has 2 aromatic heterocycles. The van der Waals surface area contributed by atoms with Gasteiger partial charge in [0, 0.05) is 57.5 Å². The average molecular weight is 489 g/mol. The van der Waals surface area contributed by atoms with E-state index in [2.05, 4.69) is 43.0 Å². The lowest BCUT2D eigenvalue weighted by molar-refractivity contribution is -0.135. The summed E-state index contributed by atoms with van der Waals surface area (Å²) in [6.45, 7) is 6.83. The molecule has 0 spiro atoms. The van der Waals surface area contributed by atoms with E-state index in [-0.39, 0.29) is 5.91 Å². The van der Waals surface area contributed by atoms with Gasteiger partial charge in [-0.15, -0.1) is 0 Å². The predicted octanol–water partition coefficient (Wildman–Crippen LogP) is 1.81. The van der Waals surface area contributed by atoms with Gasteiger partial charge in [-0.1, -0.05) is 12.1 Å². The highest BCUT2D eigenvalue weighted by molar-refractivity contribution is 7.13. The Balaban J connectivity index is 0.000000355. The molecule has 0 bridgehead atoms. The number of amides is 1. The molecule has 0 unspecified atom stereocenters. The van der Waals surface area contributed by atoms with Crippen molar-refractivity contribution in [2.75, 3.05) is 37.6 Å². The topological polar surface area (TPSA) is 152 Å². The minimum Gasteiger partial charge on any atom is -0.481 e. The molecule has 182 valence electrons. The van der Waals surface area contributed by atoms with Gasteiger partial charge in [0.2, 0.25) is 0 Å². The van der Waals surface area contributed by atoms with Gasteiger partial charge in [0.15, 0.2) is 5.69 Å². The van der Waals surface area contributed by atoms with Crippen LogP contribution in [0.3, 0.4) is 0 Å². The van der Waals surface area contributed by atoms with E-state index in [1.165, 1.54) is 21.6 Å². The van der Waals surface area contributed by atoms with E-state index < -0.39 is 11.9 Å². The Bertz CT molecular complexity index is 1130. The minimum absolute atomic E-state index is 0.0483. The number of fused-ring (bicyclic) bond motifs is 2. The van der Waals surface area contributed by atoms with Gasteiger partial charge >= 0.3 is 0 Å². The van der Waals surface area contributed by atoms with Crippen LogP contribution < -0.4 is 10.2 Å². The first-order chi connectivity index (χ1) is 16.3. The second kappa shape index (κ2) is 11.6. The van der Waals surface area contributed by atoms with Crippen LogP contribution in [0.5, 0.6) is 0 Å². The van der Waals surface area contributed by atoms with Crippen molar-refractivity contribution in [2.24, 2.45) is 0 Å². The van der Waals surface area contributed by atoms with Crippen molar-refractivity contribution >= 4 is 45.3 Å². The summed E-state index contributed by atoms with van der Waals surface area (Å²) < 4.78 is 5.84. The molecule has 1 aromatic carbocycles. The molecule has 11 nitrogen and oxygen atoms in total. The van der Waals surface area contributed by atoms with E-state index in [4.69, 9.17) is 19.8 Å². The standard InChI is InChI=1S/C18H20N6OS.2C2H4O2/c25-18(16-12-5-6-19-11-14(12)20-21-16)24-9-7-23(8-10-24)17-13-3-1-2-4-15(13)26-22-17;2*1-2(3)4/h1-4,19H,5-11H2,(H,20,21);2*1H3,(H,3,4). The lowest BCUT2D eigenvalue weighted by atomic mass is 10.1. The first kappa shape index (κ1) is 25.1. The van der Waals surface area contributed by atoms with E-state index in [9.17, 15) is 4.79 Å². The Morgan fingerprint density at radius 1 is 1.03 bits per heavy atom. The number of aromatic amines is 1. The van der Waals surface area contributed by atoms with Crippen molar-refractivity contribution in [3.63, 3.8) is 0 Å². The Labute approximate surface area is 200 Å². The van der Waals surface area contributed by atoms with Crippen LogP contribution in [-0.2, 0) is 22.6 Å². The molecule has 1 saturated heterocycles. The number of H-pyrrole nitrogens is 1. The van der Waals surface area contributed by atoms with Gasteiger partial charge in [-0.05, 0) is 36.6 Å². The molecule has 3 aromatic rings. The molecule has 4 heterocycles. The fourth-order valence-electron chi connectivity index (χ4n) is 3.79. The van der Waals surface area contributed by atoms with Gasteiger partial charge in [0.25, 0.3) is 17.8 Å². The number of rotatable bonds is 2. The minimum atomic E-state index is -0.833. The van der Waals surface area contributed by atoms with Crippen LogP contribution in [0.25, 0.3) is 10.1 Å². The van der Waals surface area contributed by atoms with E-state index in [1.807, 2.05) is 11.0 Å². The Kier molecular flexibility index (Phi) is 8.55. The van der Waals surface area contributed by atoms with Gasteiger partial charge in [-0.3, -0.25) is 19.5 Å². The largest absolute Gasteiger partial charge is 0.481 e. The molecule has 12 heteroatoms. The number of carbonyl (C=O) groups is 3. The summed E-state index contributed by atoms with van der Waals surface area (Å²) in [6.07, 6.45) is 0.859. The van der Waals surface area contributed by atoms with Crippen LogP contribution in [-0.4, -0.2) is 80.3 Å². The fourth-order valence-corrected chi connectivity index (χ4v) is 4.59. The second-order valence-electron chi connectivity index (χ2n) is 7.78. The monoisotopic (exact) mass is 488 g/mol. The lowest BCUT2D eigenvalue weighted by Crippen LogP contribution is -2.49. The number of nitrogens with one attached hydrogen (secondary N) is 2. The Morgan fingerprint density at radius 2 is 1.68 bits per heavy atom. The summed E-state index contributed by atoms with van der Waals surface area (Å²) in [7, 11) is 0. The summed E-state index contributed by atoms with van der Waals surface area (Å²) in [5.41, 5.74) is 2.74. The molecule has 34 heavy (non-hydrogen) atoms. The number of aliphatic carboxylic acids is 2. The molecule has 0 aliphatic carbocycles. The van der Waals surface area contributed by atoms with Crippen molar-refractivity contribution in [1.82, 2.24) is 24.8 Å². The maximum atomic E-state index is 12.9.